The van der Waals surface area contributed by atoms with Crippen LogP contribution >= 0.6 is 0 Å². The lowest BCUT2D eigenvalue weighted by atomic mass is 10.1. The van der Waals surface area contributed by atoms with Gasteiger partial charge in [-0.1, -0.05) is 0 Å². The summed E-state index contributed by atoms with van der Waals surface area (Å²) in [5.74, 6) is 0.275. The number of nitriles is 1. The van der Waals surface area contributed by atoms with Gasteiger partial charge in [0.25, 0.3) is 5.91 Å². The maximum absolute atomic E-state index is 11.8. The van der Waals surface area contributed by atoms with Gasteiger partial charge in [-0.05, 0) is 45.0 Å². The van der Waals surface area contributed by atoms with E-state index in [-0.39, 0.29) is 18.1 Å². The molecule has 0 bridgehead atoms. The second-order valence-corrected chi connectivity index (χ2v) is 5.82. The molecule has 0 spiro atoms. The Labute approximate surface area is 129 Å². The number of benzene rings is 1. The minimum Gasteiger partial charge on any atom is -0.484 e. The van der Waals surface area contributed by atoms with Crippen LogP contribution in [0, 0.1) is 11.3 Å². The van der Waals surface area contributed by atoms with Gasteiger partial charge in [0.15, 0.2) is 6.61 Å². The number of hydrogen-bond donors (Lipinski definition) is 1. The summed E-state index contributed by atoms with van der Waals surface area (Å²) in [4.78, 5) is 11.8. The summed E-state index contributed by atoms with van der Waals surface area (Å²) in [5, 5.41) is 15.6. The summed E-state index contributed by atoms with van der Waals surface area (Å²) < 4.78 is 7.15. The Bertz CT molecular complexity index is 690. The molecule has 1 aromatic carbocycles. The van der Waals surface area contributed by atoms with Crippen LogP contribution < -0.4 is 10.1 Å². The number of aromatic nitrogens is 2. The normalized spacial score (nSPS) is 10.8. The summed E-state index contributed by atoms with van der Waals surface area (Å²) in [5.41, 5.74) is 1.04. The third-order valence-corrected chi connectivity index (χ3v) is 2.91. The van der Waals surface area contributed by atoms with Crippen LogP contribution in [-0.2, 0) is 10.3 Å². The predicted molar refractivity (Wildman–Crippen MR) is 82.5 cm³/mol. The number of ether oxygens (including phenoxy) is 1. The van der Waals surface area contributed by atoms with E-state index in [0.29, 0.717) is 17.0 Å². The Hall–Kier alpha value is -2.81. The van der Waals surface area contributed by atoms with Gasteiger partial charge in [0.1, 0.15) is 5.75 Å². The molecule has 0 aliphatic heterocycles. The van der Waals surface area contributed by atoms with Crippen LogP contribution in [0.4, 0.5) is 5.69 Å². The molecule has 1 aromatic heterocycles. The van der Waals surface area contributed by atoms with Gasteiger partial charge in [-0.25, -0.2) is 0 Å². The molecule has 114 valence electrons. The van der Waals surface area contributed by atoms with Crippen molar-refractivity contribution in [1.29, 1.82) is 5.26 Å². The van der Waals surface area contributed by atoms with Crippen molar-refractivity contribution in [3.05, 3.63) is 42.2 Å². The van der Waals surface area contributed by atoms with Gasteiger partial charge in [-0.15, -0.1) is 0 Å². The molecule has 0 aliphatic rings. The lowest BCUT2D eigenvalue weighted by Crippen LogP contribution is -2.22. The quantitative estimate of drug-likeness (QED) is 0.940. The van der Waals surface area contributed by atoms with Crippen molar-refractivity contribution in [2.24, 2.45) is 0 Å². The first-order valence-electron chi connectivity index (χ1n) is 6.86. The third kappa shape index (κ3) is 4.09. The fourth-order valence-corrected chi connectivity index (χ4v) is 1.73. The minimum atomic E-state index is -0.266. The van der Waals surface area contributed by atoms with E-state index in [9.17, 15) is 4.79 Å². The molecule has 0 fully saturated rings. The van der Waals surface area contributed by atoms with E-state index in [4.69, 9.17) is 10.00 Å². The summed E-state index contributed by atoms with van der Waals surface area (Å²) in [6.07, 6.45) is 3.38. The first-order chi connectivity index (χ1) is 10.4. The van der Waals surface area contributed by atoms with Crippen molar-refractivity contribution < 1.29 is 9.53 Å². The molecule has 6 heteroatoms. The van der Waals surface area contributed by atoms with E-state index in [0.717, 1.165) is 0 Å². The first kappa shape index (κ1) is 15.6. The molecule has 1 N–H and O–H groups in total. The van der Waals surface area contributed by atoms with Gasteiger partial charge in [0, 0.05) is 6.20 Å². The largest absolute Gasteiger partial charge is 0.484 e. The summed E-state index contributed by atoms with van der Waals surface area (Å²) in [6.45, 7) is 5.98. The smallest absolute Gasteiger partial charge is 0.262 e. The zero-order valence-corrected chi connectivity index (χ0v) is 12.8. The number of carbonyl (C=O) groups excluding carboxylic acids is 1. The maximum atomic E-state index is 11.8. The molecule has 0 unspecified atom stereocenters. The summed E-state index contributed by atoms with van der Waals surface area (Å²) in [6, 6.07) is 8.61. The SMILES string of the molecule is CC(C)(C)n1cc(NC(=O)COc2ccc(C#N)cc2)cn1. The second-order valence-electron chi connectivity index (χ2n) is 5.82. The summed E-state index contributed by atoms with van der Waals surface area (Å²) >= 11 is 0. The highest BCUT2D eigenvalue weighted by Gasteiger charge is 2.14. The zero-order valence-electron chi connectivity index (χ0n) is 12.8. The van der Waals surface area contributed by atoms with Crippen molar-refractivity contribution in [3.63, 3.8) is 0 Å². The molecule has 2 rings (SSSR count). The molecule has 1 amide bonds. The van der Waals surface area contributed by atoms with E-state index in [1.54, 1.807) is 41.3 Å². The van der Waals surface area contributed by atoms with Crippen LogP contribution in [0.3, 0.4) is 0 Å². The Morgan fingerprint density at radius 3 is 2.59 bits per heavy atom. The number of nitrogens with zero attached hydrogens (tertiary/aromatic N) is 3. The van der Waals surface area contributed by atoms with E-state index >= 15 is 0 Å². The number of rotatable bonds is 4. The molecule has 22 heavy (non-hydrogen) atoms. The highest BCUT2D eigenvalue weighted by atomic mass is 16.5. The van der Waals surface area contributed by atoms with Crippen LogP contribution in [0.2, 0.25) is 0 Å². The Morgan fingerprint density at radius 1 is 1.36 bits per heavy atom. The molecule has 1 heterocycles. The van der Waals surface area contributed by atoms with Gasteiger partial charge in [0.05, 0.1) is 29.1 Å². The second kappa shape index (κ2) is 6.31. The number of anilines is 1. The lowest BCUT2D eigenvalue weighted by Gasteiger charge is -2.18. The van der Waals surface area contributed by atoms with Crippen LogP contribution in [0.25, 0.3) is 0 Å². The molecular formula is C16H18N4O2. The molecular weight excluding hydrogens is 280 g/mol. The van der Waals surface area contributed by atoms with Gasteiger partial charge in [-0.3, -0.25) is 9.48 Å². The van der Waals surface area contributed by atoms with Crippen molar-refractivity contribution in [1.82, 2.24) is 9.78 Å². The van der Waals surface area contributed by atoms with Crippen molar-refractivity contribution in [2.75, 3.05) is 11.9 Å². The number of amides is 1. The monoisotopic (exact) mass is 298 g/mol. The van der Waals surface area contributed by atoms with Crippen LogP contribution in [0.1, 0.15) is 26.3 Å². The van der Waals surface area contributed by atoms with Crippen molar-refractivity contribution in [3.8, 4) is 11.8 Å². The average Bonchev–Trinajstić information content (AvgIpc) is 2.94. The maximum Gasteiger partial charge on any atom is 0.262 e. The highest BCUT2D eigenvalue weighted by molar-refractivity contribution is 5.91. The van der Waals surface area contributed by atoms with Gasteiger partial charge >= 0.3 is 0 Å². The Balaban J connectivity index is 1.87. The molecule has 0 radical (unpaired) electrons. The van der Waals surface area contributed by atoms with Gasteiger partial charge in [-0.2, -0.15) is 10.4 Å². The number of hydrogen-bond acceptors (Lipinski definition) is 4. The molecule has 0 saturated carbocycles. The Kier molecular flexibility index (Phi) is 4.47. The van der Waals surface area contributed by atoms with E-state index in [1.165, 1.54) is 0 Å². The number of nitrogens with one attached hydrogen (secondary N) is 1. The highest BCUT2D eigenvalue weighted by Crippen LogP contribution is 2.16. The Morgan fingerprint density at radius 2 is 2.05 bits per heavy atom. The molecule has 0 saturated heterocycles. The van der Waals surface area contributed by atoms with Gasteiger partial charge in [0.2, 0.25) is 0 Å². The van der Waals surface area contributed by atoms with E-state index < -0.39 is 0 Å². The molecule has 0 aliphatic carbocycles. The van der Waals surface area contributed by atoms with Crippen LogP contribution in [-0.4, -0.2) is 22.3 Å². The minimum absolute atomic E-state index is 0.105. The molecule has 6 nitrogen and oxygen atoms in total. The standard InChI is InChI=1S/C16H18N4O2/c1-16(2,3)20-10-13(9-18-20)19-15(21)11-22-14-6-4-12(8-17)5-7-14/h4-7,9-10H,11H2,1-3H3,(H,19,21). The lowest BCUT2D eigenvalue weighted by molar-refractivity contribution is -0.118. The predicted octanol–water partition coefficient (Wildman–Crippen LogP) is 2.53. The van der Waals surface area contributed by atoms with Crippen molar-refractivity contribution >= 4 is 11.6 Å². The van der Waals surface area contributed by atoms with E-state index in [2.05, 4.69) is 10.4 Å². The summed E-state index contributed by atoms with van der Waals surface area (Å²) in [7, 11) is 0. The van der Waals surface area contributed by atoms with Crippen molar-refractivity contribution in [2.45, 2.75) is 26.3 Å². The average molecular weight is 298 g/mol. The van der Waals surface area contributed by atoms with Crippen LogP contribution in [0.5, 0.6) is 5.75 Å². The van der Waals surface area contributed by atoms with E-state index in [1.807, 2.05) is 26.8 Å². The molecule has 2 aromatic rings. The number of carbonyl (C=O) groups is 1. The fraction of sp³-hybridized carbons (Fsp3) is 0.312. The third-order valence-electron chi connectivity index (χ3n) is 2.91. The zero-order chi connectivity index (χ0) is 16.2. The fourth-order valence-electron chi connectivity index (χ4n) is 1.73. The molecule has 0 atom stereocenters. The van der Waals surface area contributed by atoms with Gasteiger partial charge < -0.3 is 10.1 Å². The topological polar surface area (TPSA) is 79.9 Å². The van der Waals surface area contributed by atoms with Crippen LogP contribution in [0.15, 0.2) is 36.7 Å². The first-order valence-corrected chi connectivity index (χ1v) is 6.86.